The maximum absolute atomic E-state index is 12.5. The van der Waals surface area contributed by atoms with E-state index in [1.807, 2.05) is 0 Å². The Labute approximate surface area is 154 Å². The number of carbonyl (C=O) groups is 1. The summed E-state index contributed by atoms with van der Waals surface area (Å²) in [6.07, 6.45) is -0.186. The highest BCUT2D eigenvalue weighted by atomic mass is 19.4. The fourth-order valence-corrected chi connectivity index (χ4v) is 2.94. The van der Waals surface area contributed by atoms with E-state index < -0.39 is 11.7 Å². The number of rotatable bonds is 4. The van der Waals surface area contributed by atoms with Gasteiger partial charge in [-0.1, -0.05) is 0 Å². The molecule has 1 aromatic heterocycles. The van der Waals surface area contributed by atoms with E-state index in [1.54, 1.807) is 24.3 Å². The lowest BCUT2D eigenvalue weighted by atomic mass is 9.91. The summed E-state index contributed by atoms with van der Waals surface area (Å²) in [7, 11) is 0. The van der Waals surface area contributed by atoms with Crippen molar-refractivity contribution in [2.24, 2.45) is 5.73 Å². The number of alkyl halides is 3. The van der Waals surface area contributed by atoms with Crippen LogP contribution in [0.4, 0.5) is 13.2 Å². The average molecular weight is 379 g/mol. The minimum Gasteiger partial charge on any atom is -0.439 e. The van der Waals surface area contributed by atoms with Crippen LogP contribution in [0.1, 0.15) is 41.6 Å². The van der Waals surface area contributed by atoms with Crippen LogP contribution in [-0.2, 0) is 6.18 Å². The summed E-state index contributed by atoms with van der Waals surface area (Å²) in [4.78, 5) is 15.9. The molecule has 3 N–H and O–H groups in total. The van der Waals surface area contributed by atoms with Crippen molar-refractivity contribution in [2.45, 2.75) is 43.9 Å². The van der Waals surface area contributed by atoms with E-state index in [0.29, 0.717) is 17.5 Å². The van der Waals surface area contributed by atoms with Crippen molar-refractivity contribution < 1.29 is 22.7 Å². The maximum Gasteiger partial charge on any atom is 0.417 e. The molecule has 1 aliphatic rings. The van der Waals surface area contributed by atoms with Gasteiger partial charge in [-0.2, -0.15) is 13.2 Å². The third-order valence-corrected chi connectivity index (χ3v) is 4.51. The van der Waals surface area contributed by atoms with Crippen LogP contribution >= 0.6 is 0 Å². The van der Waals surface area contributed by atoms with E-state index in [2.05, 4.69) is 10.3 Å². The monoisotopic (exact) mass is 379 g/mol. The van der Waals surface area contributed by atoms with Crippen molar-refractivity contribution in [3.05, 3.63) is 53.7 Å². The third kappa shape index (κ3) is 5.19. The zero-order valence-electron chi connectivity index (χ0n) is 14.5. The molecule has 1 aliphatic carbocycles. The molecule has 0 bridgehead atoms. The fourth-order valence-electron chi connectivity index (χ4n) is 2.94. The number of pyridine rings is 1. The lowest BCUT2D eigenvalue weighted by Gasteiger charge is -2.26. The lowest BCUT2D eigenvalue weighted by molar-refractivity contribution is -0.137. The summed E-state index contributed by atoms with van der Waals surface area (Å²) in [5, 5.41) is 2.99. The minimum absolute atomic E-state index is 0.0405. The average Bonchev–Trinajstić information content (AvgIpc) is 2.64. The number of hydrogen-bond donors (Lipinski definition) is 2. The van der Waals surface area contributed by atoms with Crippen LogP contribution < -0.4 is 15.8 Å². The van der Waals surface area contributed by atoms with Crippen LogP contribution in [0.2, 0.25) is 0 Å². The van der Waals surface area contributed by atoms with Crippen LogP contribution in [-0.4, -0.2) is 23.0 Å². The molecule has 0 saturated heterocycles. The van der Waals surface area contributed by atoms with E-state index in [1.165, 1.54) is 0 Å². The van der Waals surface area contributed by atoms with Gasteiger partial charge in [-0.05, 0) is 56.0 Å². The summed E-state index contributed by atoms with van der Waals surface area (Å²) in [6, 6.07) is 8.75. The summed E-state index contributed by atoms with van der Waals surface area (Å²) in [5.74, 6) is 0.246. The Morgan fingerprint density at radius 3 is 2.30 bits per heavy atom. The number of aromatic nitrogens is 1. The fraction of sp³-hybridized carbons (Fsp3) is 0.368. The van der Waals surface area contributed by atoms with Gasteiger partial charge in [-0.15, -0.1) is 0 Å². The van der Waals surface area contributed by atoms with E-state index >= 15 is 0 Å². The molecule has 2 aromatic rings. The Morgan fingerprint density at radius 2 is 1.74 bits per heavy atom. The first-order valence-electron chi connectivity index (χ1n) is 8.69. The molecule has 8 heteroatoms. The standard InChI is InChI=1S/C19H20F3N3O2/c20-19(21,22)13-3-10-17(24-11-13)27-16-8-1-12(2-9-16)18(26)25-15-6-4-14(23)5-7-15/h1-3,8-11,14-15H,4-7,23H2,(H,25,26). The van der Waals surface area contributed by atoms with E-state index in [9.17, 15) is 18.0 Å². The molecule has 3 rings (SSSR count). The highest BCUT2D eigenvalue weighted by Gasteiger charge is 2.30. The third-order valence-electron chi connectivity index (χ3n) is 4.51. The second-order valence-corrected chi connectivity index (χ2v) is 6.59. The molecule has 1 amide bonds. The van der Waals surface area contributed by atoms with Gasteiger partial charge in [0, 0.05) is 29.9 Å². The highest BCUT2D eigenvalue weighted by Crippen LogP contribution is 2.30. The molecular weight excluding hydrogens is 359 g/mol. The van der Waals surface area contributed by atoms with Gasteiger partial charge in [0.05, 0.1) is 5.56 Å². The summed E-state index contributed by atoms with van der Waals surface area (Å²) in [6.45, 7) is 0. The van der Waals surface area contributed by atoms with Crippen LogP contribution in [0, 0.1) is 0 Å². The number of nitrogens with one attached hydrogen (secondary N) is 1. The number of nitrogens with two attached hydrogens (primary N) is 1. The summed E-state index contributed by atoms with van der Waals surface area (Å²) >= 11 is 0. The zero-order valence-corrected chi connectivity index (χ0v) is 14.5. The van der Waals surface area contributed by atoms with Crippen molar-refractivity contribution in [2.75, 3.05) is 0 Å². The quantitative estimate of drug-likeness (QED) is 0.845. The van der Waals surface area contributed by atoms with Gasteiger partial charge in [-0.25, -0.2) is 4.98 Å². The molecular formula is C19H20F3N3O2. The first-order chi connectivity index (χ1) is 12.8. The molecule has 1 fully saturated rings. The second-order valence-electron chi connectivity index (χ2n) is 6.59. The van der Waals surface area contributed by atoms with Gasteiger partial charge in [0.15, 0.2) is 0 Å². The van der Waals surface area contributed by atoms with Crippen LogP contribution in [0.15, 0.2) is 42.6 Å². The number of halogens is 3. The normalized spacial score (nSPS) is 20.1. The van der Waals surface area contributed by atoms with E-state index in [4.69, 9.17) is 10.5 Å². The molecule has 5 nitrogen and oxygen atoms in total. The molecule has 0 spiro atoms. The second kappa shape index (κ2) is 7.96. The molecule has 0 radical (unpaired) electrons. The molecule has 0 unspecified atom stereocenters. The summed E-state index contributed by atoms with van der Waals surface area (Å²) in [5.41, 5.74) is 5.50. The van der Waals surface area contributed by atoms with Gasteiger partial charge in [0.2, 0.25) is 5.88 Å². The van der Waals surface area contributed by atoms with Crippen molar-refractivity contribution in [3.8, 4) is 11.6 Å². The van der Waals surface area contributed by atoms with Crippen molar-refractivity contribution in [1.82, 2.24) is 10.3 Å². The minimum atomic E-state index is -4.44. The highest BCUT2D eigenvalue weighted by molar-refractivity contribution is 5.94. The van der Waals surface area contributed by atoms with Gasteiger partial charge >= 0.3 is 6.18 Å². The Kier molecular flexibility index (Phi) is 5.65. The first kappa shape index (κ1) is 19.2. The van der Waals surface area contributed by atoms with Gasteiger partial charge in [0.1, 0.15) is 5.75 Å². The van der Waals surface area contributed by atoms with Crippen molar-refractivity contribution >= 4 is 5.91 Å². The topological polar surface area (TPSA) is 77.2 Å². The molecule has 1 heterocycles. The Hall–Kier alpha value is -2.61. The summed E-state index contributed by atoms with van der Waals surface area (Å²) < 4.78 is 43.0. The lowest BCUT2D eigenvalue weighted by Crippen LogP contribution is -2.40. The molecule has 1 saturated carbocycles. The molecule has 0 aliphatic heterocycles. The zero-order chi connectivity index (χ0) is 19.4. The number of nitrogens with zero attached hydrogens (tertiary/aromatic N) is 1. The number of amides is 1. The van der Waals surface area contributed by atoms with Crippen molar-refractivity contribution in [1.29, 1.82) is 0 Å². The Bertz CT molecular complexity index is 768. The smallest absolute Gasteiger partial charge is 0.417 e. The van der Waals surface area contributed by atoms with Crippen LogP contribution in [0.5, 0.6) is 11.6 Å². The van der Waals surface area contributed by atoms with Crippen LogP contribution in [0.3, 0.4) is 0 Å². The molecule has 1 aromatic carbocycles. The molecule has 27 heavy (non-hydrogen) atoms. The number of hydrogen-bond acceptors (Lipinski definition) is 4. The maximum atomic E-state index is 12.5. The predicted molar refractivity (Wildman–Crippen MR) is 93.5 cm³/mol. The SMILES string of the molecule is NC1CCC(NC(=O)c2ccc(Oc3ccc(C(F)(F)F)cn3)cc2)CC1. The molecule has 144 valence electrons. The predicted octanol–water partition coefficient (Wildman–Crippen LogP) is 3.89. The van der Waals surface area contributed by atoms with E-state index in [0.717, 1.165) is 37.8 Å². The number of benzene rings is 1. The largest absolute Gasteiger partial charge is 0.439 e. The Balaban J connectivity index is 1.57. The van der Waals surface area contributed by atoms with Crippen LogP contribution in [0.25, 0.3) is 0 Å². The van der Waals surface area contributed by atoms with E-state index in [-0.39, 0.29) is 23.9 Å². The van der Waals surface area contributed by atoms with Gasteiger partial charge in [0.25, 0.3) is 5.91 Å². The van der Waals surface area contributed by atoms with Crippen molar-refractivity contribution in [3.63, 3.8) is 0 Å². The van der Waals surface area contributed by atoms with Gasteiger partial charge < -0.3 is 15.8 Å². The number of carbonyl (C=O) groups excluding carboxylic acids is 1. The van der Waals surface area contributed by atoms with Gasteiger partial charge in [-0.3, -0.25) is 4.79 Å². The molecule has 0 atom stereocenters. The first-order valence-corrected chi connectivity index (χ1v) is 8.69. The number of ether oxygens (including phenoxy) is 1. The Morgan fingerprint density at radius 1 is 1.07 bits per heavy atom.